The molecule has 2 bridgehead atoms. The highest BCUT2D eigenvalue weighted by Crippen LogP contribution is 2.47. The van der Waals surface area contributed by atoms with E-state index in [0.717, 1.165) is 17.7 Å². The molecule has 3 heteroatoms. The van der Waals surface area contributed by atoms with Crippen molar-refractivity contribution in [3.05, 3.63) is 29.8 Å². The third-order valence-corrected chi connectivity index (χ3v) is 5.77. The first-order valence-corrected chi connectivity index (χ1v) is 7.87. The maximum absolute atomic E-state index is 5.62. The molecule has 4 heterocycles. The molecular weight excluding hydrogens is 248 g/mol. The lowest BCUT2D eigenvalue weighted by molar-refractivity contribution is 0.0000736. The first-order valence-electron chi connectivity index (χ1n) is 7.87. The molecule has 0 spiro atoms. The number of nitrogens with zero attached hydrogens (tertiary/aromatic N) is 2. The number of hydrogen-bond acceptors (Lipinski definition) is 3. The molecule has 0 amide bonds. The van der Waals surface area contributed by atoms with Gasteiger partial charge in [0.05, 0.1) is 7.11 Å². The minimum Gasteiger partial charge on any atom is -0.496 e. The second kappa shape index (κ2) is 4.74. The number of fused-ring (bicyclic) bond motifs is 2. The topological polar surface area (TPSA) is 15.7 Å². The molecule has 0 unspecified atom stereocenters. The van der Waals surface area contributed by atoms with E-state index in [1.54, 1.807) is 7.11 Å². The summed E-state index contributed by atoms with van der Waals surface area (Å²) < 4.78 is 5.62. The summed E-state index contributed by atoms with van der Waals surface area (Å²) in [6, 6.07) is 10.1. The summed E-state index contributed by atoms with van der Waals surface area (Å²) in [6.07, 6.45) is 2.79. The van der Waals surface area contributed by atoms with Gasteiger partial charge < -0.3 is 9.64 Å². The third-order valence-electron chi connectivity index (χ3n) is 5.77. The molecule has 4 aliphatic heterocycles. The van der Waals surface area contributed by atoms with Crippen molar-refractivity contribution in [2.75, 3.05) is 33.8 Å². The smallest absolute Gasteiger partial charge is 0.122 e. The Morgan fingerprint density at radius 2 is 1.85 bits per heavy atom. The van der Waals surface area contributed by atoms with E-state index in [4.69, 9.17) is 4.74 Å². The monoisotopic (exact) mass is 272 g/mol. The van der Waals surface area contributed by atoms with Gasteiger partial charge in [-0.15, -0.1) is 0 Å². The highest BCUT2D eigenvalue weighted by molar-refractivity contribution is 5.39. The van der Waals surface area contributed by atoms with E-state index in [1.807, 2.05) is 0 Å². The van der Waals surface area contributed by atoms with Gasteiger partial charge in [0.1, 0.15) is 5.75 Å². The molecule has 4 aliphatic rings. The van der Waals surface area contributed by atoms with Crippen LogP contribution in [0.5, 0.6) is 5.75 Å². The lowest BCUT2D eigenvalue weighted by Crippen LogP contribution is -2.59. The van der Waals surface area contributed by atoms with Gasteiger partial charge in [0.25, 0.3) is 0 Å². The molecule has 108 valence electrons. The van der Waals surface area contributed by atoms with Gasteiger partial charge in [-0.05, 0) is 45.0 Å². The number of benzene rings is 1. The second-order valence-electron chi connectivity index (χ2n) is 6.64. The van der Waals surface area contributed by atoms with E-state index in [2.05, 4.69) is 41.1 Å². The quantitative estimate of drug-likeness (QED) is 0.821. The maximum atomic E-state index is 5.62. The van der Waals surface area contributed by atoms with Crippen LogP contribution in [0.1, 0.15) is 24.3 Å². The van der Waals surface area contributed by atoms with E-state index in [0.29, 0.717) is 12.0 Å². The van der Waals surface area contributed by atoms with E-state index in [9.17, 15) is 0 Å². The maximum Gasteiger partial charge on any atom is 0.122 e. The molecule has 1 aromatic rings. The number of rotatable bonds is 2. The van der Waals surface area contributed by atoms with Crippen LogP contribution in [0.2, 0.25) is 0 Å². The Labute approximate surface area is 121 Å². The molecular formula is C17H24N2O. The largest absolute Gasteiger partial charge is 0.496 e. The SMILES string of the molecule is COc1ccccc1[C@H]1CN(C)[C@H]2C3CCN(CC3)[C@@H]12. The van der Waals surface area contributed by atoms with Crippen molar-refractivity contribution in [3.8, 4) is 5.75 Å². The van der Waals surface area contributed by atoms with Gasteiger partial charge in [-0.25, -0.2) is 0 Å². The fourth-order valence-corrected chi connectivity index (χ4v) is 4.96. The van der Waals surface area contributed by atoms with Crippen LogP contribution in [0.25, 0.3) is 0 Å². The molecule has 4 saturated heterocycles. The highest BCUT2D eigenvalue weighted by atomic mass is 16.5. The summed E-state index contributed by atoms with van der Waals surface area (Å²) >= 11 is 0. The van der Waals surface area contributed by atoms with Crippen LogP contribution in [0.4, 0.5) is 0 Å². The zero-order valence-electron chi connectivity index (χ0n) is 12.5. The summed E-state index contributed by atoms with van der Waals surface area (Å²) in [5.41, 5.74) is 1.40. The predicted molar refractivity (Wildman–Crippen MR) is 80.2 cm³/mol. The number of likely N-dealkylation sites (tertiary alicyclic amines) is 1. The first kappa shape index (κ1) is 12.7. The summed E-state index contributed by atoms with van der Waals surface area (Å²) in [4.78, 5) is 5.35. The normalized spacial score (nSPS) is 39.8. The van der Waals surface area contributed by atoms with Crippen molar-refractivity contribution in [1.29, 1.82) is 0 Å². The Balaban J connectivity index is 1.72. The van der Waals surface area contributed by atoms with E-state index >= 15 is 0 Å². The van der Waals surface area contributed by atoms with Gasteiger partial charge in [0, 0.05) is 30.1 Å². The number of methoxy groups -OCH3 is 1. The minimum absolute atomic E-state index is 0.601. The molecule has 4 fully saturated rings. The van der Waals surface area contributed by atoms with E-state index < -0.39 is 0 Å². The lowest BCUT2D eigenvalue weighted by Gasteiger charge is -2.51. The predicted octanol–water partition coefficient (Wildman–Crippen LogP) is 2.19. The van der Waals surface area contributed by atoms with E-state index in [1.165, 1.54) is 38.0 Å². The zero-order chi connectivity index (χ0) is 13.7. The zero-order valence-corrected chi connectivity index (χ0v) is 12.5. The fraction of sp³-hybridized carbons (Fsp3) is 0.647. The van der Waals surface area contributed by atoms with Crippen LogP contribution in [0, 0.1) is 5.92 Å². The molecule has 0 saturated carbocycles. The number of hydrogen-bond donors (Lipinski definition) is 0. The molecule has 1 aromatic carbocycles. The Morgan fingerprint density at radius 1 is 1.10 bits per heavy atom. The van der Waals surface area contributed by atoms with Crippen LogP contribution in [0.15, 0.2) is 24.3 Å². The van der Waals surface area contributed by atoms with Gasteiger partial charge in [-0.3, -0.25) is 4.90 Å². The van der Waals surface area contributed by atoms with Crippen molar-refractivity contribution >= 4 is 0 Å². The van der Waals surface area contributed by atoms with Crippen LogP contribution in [0.3, 0.4) is 0 Å². The van der Waals surface area contributed by atoms with Gasteiger partial charge >= 0.3 is 0 Å². The van der Waals surface area contributed by atoms with Crippen LogP contribution in [-0.2, 0) is 0 Å². The molecule has 0 aliphatic carbocycles. The molecule has 5 rings (SSSR count). The average Bonchev–Trinajstić information content (AvgIpc) is 2.88. The Hall–Kier alpha value is -1.06. The number of para-hydroxylation sites is 1. The minimum atomic E-state index is 0.601. The Kier molecular flexibility index (Phi) is 3.00. The Bertz CT molecular complexity index is 496. The first-order chi connectivity index (χ1) is 9.79. The van der Waals surface area contributed by atoms with Crippen molar-refractivity contribution < 1.29 is 4.74 Å². The van der Waals surface area contributed by atoms with E-state index in [-0.39, 0.29) is 0 Å². The van der Waals surface area contributed by atoms with Gasteiger partial charge in [0.15, 0.2) is 0 Å². The standard InChI is InChI=1S/C17H24N2O/c1-18-11-14(13-5-3-4-6-15(13)20-2)17-16(18)12-7-9-19(17)10-8-12/h3-6,12,14,16-17H,7-11H2,1-2H3/t14-,16+,17+/m1/s1. The molecule has 3 atom stereocenters. The van der Waals surface area contributed by atoms with Crippen LogP contribution < -0.4 is 4.74 Å². The van der Waals surface area contributed by atoms with Crippen molar-refractivity contribution in [3.63, 3.8) is 0 Å². The second-order valence-corrected chi connectivity index (χ2v) is 6.64. The van der Waals surface area contributed by atoms with Crippen molar-refractivity contribution in [2.24, 2.45) is 5.92 Å². The number of ether oxygens (including phenoxy) is 1. The average molecular weight is 272 g/mol. The van der Waals surface area contributed by atoms with Gasteiger partial charge in [-0.2, -0.15) is 0 Å². The van der Waals surface area contributed by atoms with Gasteiger partial charge in [0.2, 0.25) is 0 Å². The van der Waals surface area contributed by atoms with Crippen LogP contribution in [-0.4, -0.2) is 55.7 Å². The molecule has 0 N–H and O–H groups in total. The fourth-order valence-electron chi connectivity index (χ4n) is 4.96. The third kappa shape index (κ3) is 1.73. The molecule has 20 heavy (non-hydrogen) atoms. The summed E-state index contributed by atoms with van der Waals surface area (Å²) in [7, 11) is 4.11. The summed E-state index contributed by atoms with van der Waals surface area (Å²) in [5.74, 6) is 2.58. The lowest BCUT2D eigenvalue weighted by atomic mass is 9.75. The highest BCUT2D eigenvalue weighted by Gasteiger charge is 2.52. The molecule has 3 nitrogen and oxygen atoms in total. The summed E-state index contributed by atoms with van der Waals surface area (Å²) in [5, 5.41) is 0. The van der Waals surface area contributed by atoms with Crippen molar-refractivity contribution in [1.82, 2.24) is 9.80 Å². The molecule has 0 radical (unpaired) electrons. The Morgan fingerprint density at radius 3 is 2.60 bits per heavy atom. The van der Waals surface area contributed by atoms with Crippen LogP contribution >= 0.6 is 0 Å². The number of piperidine rings is 3. The van der Waals surface area contributed by atoms with Gasteiger partial charge in [-0.1, -0.05) is 18.2 Å². The summed E-state index contributed by atoms with van der Waals surface area (Å²) in [6.45, 7) is 3.76. The number of likely N-dealkylation sites (N-methyl/N-ethyl adjacent to an activating group) is 1. The molecule has 0 aromatic heterocycles. The van der Waals surface area contributed by atoms with Crippen molar-refractivity contribution in [2.45, 2.75) is 30.8 Å².